The van der Waals surface area contributed by atoms with Crippen molar-refractivity contribution in [2.24, 2.45) is 0 Å². The highest BCUT2D eigenvalue weighted by molar-refractivity contribution is 6.34. The molecule has 1 heterocycles. The average Bonchev–Trinajstić information content (AvgIpc) is 2.98. The maximum Gasteiger partial charge on any atom is 0.416 e. The number of aromatic nitrogens is 1. The van der Waals surface area contributed by atoms with Crippen molar-refractivity contribution in [1.29, 1.82) is 0 Å². The highest BCUT2D eigenvalue weighted by Gasteiger charge is 2.31. The molecule has 2 aromatic carbocycles. The Morgan fingerprint density at radius 3 is 2.64 bits per heavy atom. The van der Waals surface area contributed by atoms with Crippen molar-refractivity contribution in [3.63, 3.8) is 0 Å². The van der Waals surface area contributed by atoms with Crippen molar-refractivity contribution in [1.82, 2.24) is 4.98 Å². The molecule has 130 valence electrons. The Balaban J connectivity index is 1.93. The van der Waals surface area contributed by atoms with Gasteiger partial charge in [0.05, 0.1) is 28.9 Å². The molecular weight excluding hydrogens is 357 g/mol. The molecule has 4 nitrogen and oxygen atoms in total. The Kier molecular flexibility index (Phi) is 4.34. The van der Waals surface area contributed by atoms with Gasteiger partial charge in [-0.1, -0.05) is 11.6 Å². The van der Waals surface area contributed by atoms with Gasteiger partial charge in [-0.15, -0.1) is 0 Å². The molecule has 0 unspecified atom stereocenters. The van der Waals surface area contributed by atoms with Crippen LogP contribution in [-0.4, -0.2) is 18.0 Å². The van der Waals surface area contributed by atoms with Gasteiger partial charge in [0.25, 0.3) is 5.91 Å². The fraction of sp³-hybridized carbons (Fsp3) is 0.118. The highest BCUT2D eigenvalue weighted by atomic mass is 35.5. The predicted octanol–water partition coefficient (Wildman–Crippen LogP) is 5.10. The molecule has 0 aliphatic heterocycles. The number of amides is 1. The number of carbonyl (C=O) groups excluding carboxylic acids is 1. The topological polar surface area (TPSA) is 54.1 Å². The lowest BCUT2D eigenvalue weighted by Crippen LogP contribution is -2.13. The number of H-pyrrole nitrogens is 1. The van der Waals surface area contributed by atoms with Crippen LogP contribution in [-0.2, 0) is 6.18 Å². The first kappa shape index (κ1) is 17.2. The highest BCUT2D eigenvalue weighted by Crippen LogP contribution is 2.34. The number of carbonyl (C=O) groups is 1. The summed E-state index contributed by atoms with van der Waals surface area (Å²) in [6.45, 7) is 0. The van der Waals surface area contributed by atoms with Crippen LogP contribution in [0.5, 0.6) is 5.75 Å². The monoisotopic (exact) mass is 368 g/mol. The van der Waals surface area contributed by atoms with E-state index < -0.39 is 17.6 Å². The summed E-state index contributed by atoms with van der Waals surface area (Å²) in [5.41, 5.74) is -0.0500. The molecule has 0 aliphatic carbocycles. The first-order chi connectivity index (χ1) is 11.8. The van der Waals surface area contributed by atoms with E-state index in [0.29, 0.717) is 16.7 Å². The molecule has 1 aromatic heterocycles. The summed E-state index contributed by atoms with van der Waals surface area (Å²) in [6.07, 6.45) is -3.05. The minimum absolute atomic E-state index is 0.0165. The fourth-order valence-corrected chi connectivity index (χ4v) is 2.57. The molecule has 2 N–H and O–H groups in total. The zero-order chi connectivity index (χ0) is 18.2. The van der Waals surface area contributed by atoms with Gasteiger partial charge in [0.2, 0.25) is 0 Å². The van der Waals surface area contributed by atoms with Crippen LogP contribution in [0.4, 0.5) is 18.9 Å². The Labute approximate surface area is 145 Å². The van der Waals surface area contributed by atoms with Gasteiger partial charge >= 0.3 is 6.18 Å². The second-order valence-electron chi connectivity index (χ2n) is 5.26. The lowest BCUT2D eigenvalue weighted by Gasteiger charge is -2.11. The van der Waals surface area contributed by atoms with E-state index in [1.165, 1.54) is 13.3 Å². The summed E-state index contributed by atoms with van der Waals surface area (Å²) < 4.78 is 43.6. The summed E-state index contributed by atoms with van der Waals surface area (Å²) in [5.74, 6) is 0.0415. The van der Waals surface area contributed by atoms with Crippen molar-refractivity contribution in [2.45, 2.75) is 6.18 Å². The van der Waals surface area contributed by atoms with E-state index >= 15 is 0 Å². The molecule has 3 aromatic rings. The van der Waals surface area contributed by atoms with Gasteiger partial charge < -0.3 is 15.0 Å². The summed E-state index contributed by atoms with van der Waals surface area (Å²) in [6, 6.07) is 7.84. The molecule has 0 saturated carbocycles. The molecule has 0 radical (unpaired) electrons. The molecule has 25 heavy (non-hydrogen) atoms. The number of methoxy groups -OCH3 is 1. The quantitative estimate of drug-likeness (QED) is 0.675. The Morgan fingerprint density at radius 1 is 1.20 bits per heavy atom. The van der Waals surface area contributed by atoms with Crippen LogP contribution in [0.2, 0.25) is 5.02 Å². The summed E-state index contributed by atoms with van der Waals surface area (Å²) in [7, 11) is 1.52. The number of rotatable bonds is 3. The number of aromatic amines is 1. The van der Waals surface area contributed by atoms with Crippen molar-refractivity contribution < 1.29 is 22.7 Å². The van der Waals surface area contributed by atoms with Gasteiger partial charge in [-0.05, 0) is 30.3 Å². The van der Waals surface area contributed by atoms with Gasteiger partial charge in [0, 0.05) is 23.2 Å². The molecule has 0 saturated heterocycles. The Bertz CT molecular complexity index is 951. The number of alkyl halides is 3. The Hall–Kier alpha value is -2.67. The van der Waals surface area contributed by atoms with Crippen molar-refractivity contribution in [3.8, 4) is 5.75 Å². The lowest BCUT2D eigenvalue weighted by atomic mass is 10.1. The first-order valence-corrected chi connectivity index (χ1v) is 7.50. The van der Waals surface area contributed by atoms with Gasteiger partial charge in [-0.25, -0.2) is 0 Å². The minimum Gasteiger partial charge on any atom is -0.497 e. The van der Waals surface area contributed by atoms with E-state index in [2.05, 4.69) is 10.3 Å². The molecule has 0 fully saturated rings. The van der Waals surface area contributed by atoms with E-state index in [1.807, 2.05) is 0 Å². The van der Waals surface area contributed by atoms with Crippen LogP contribution in [0.1, 0.15) is 15.9 Å². The second kappa shape index (κ2) is 6.33. The van der Waals surface area contributed by atoms with Gasteiger partial charge in [-0.3, -0.25) is 4.79 Å². The van der Waals surface area contributed by atoms with E-state index in [9.17, 15) is 18.0 Å². The number of anilines is 1. The number of ether oxygens (including phenoxy) is 1. The zero-order valence-corrected chi connectivity index (χ0v) is 13.6. The van der Waals surface area contributed by atoms with Gasteiger partial charge in [0.15, 0.2) is 0 Å². The molecule has 0 bridgehead atoms. The molecular formula is C17H12ClF3N2O2. The third-order valence-electron chi connectivity index (χ3n) is 3.68. The molecule has 8 heteroatoms. The zero-order valence-electron chi connectivity index (χ0n) is 12.9. The van der Waals surface area contributed by atoms with Crippen molar-refractivity contribution >= 4 is 34.1 Å². The number of halogens is 4. The third kappa shape index (κ3) is 3.41. The SMILES string of the molecule is COc1ccc2c(C(=O)Nc3cc(C(F)(F)F)ccc3Cl)c[nH]c2c1. The fourth-order valence-electron chi connectivity index (χ4n) is 2.41. The summed E-state index contributed by atoms with van der Waals surface area (Å²) >= 11 is 5.90. The molecule has 0 aliphatic rings. The maximum absolute atomic E-state index is 12.8. The summed E-state index contributed by atoms with van der Waals surface area (Å²) in [5, 5.41) is 3.05. The second-order valence-corrected chi connectivity index (χ2v) is 5.67. The van der Waals surface area contributed by atoms with E-state index in [0.717, 1.165) is 18.2 Å². The standard InChI is InChI=1S/C17H12ClF3N2O2/c1-25-10-3-4-11-12(8-22-14(11)7-10)16(24)23-15-6-9(17(19,20)21)2-5-13(15)18/h2-8,22H,1H3,(H,23,24). The van der Waals surface area contributed by atoms with Crippen LogP contribution < -0.4 is 10.1 Å². The number of benzene rings is 2. The third-order valence-corrected chi connectivity index (χ3v) is 4.01. The van der Waals surface area contributed by atoms with Crippen molar-refractivity contribution in [3.05, 3.63) is 58.7 Å². The minimum atomic E-state index is -4.53. The van der Waals surface area contributed by atoms with Crippen LogP contribution in [0, 0.1) is 0 Å². The normalized spacial score (nSPS) is 11.6. The van der Waals surface area contributed by atoms with Crippen LogP contribution in [0.25, 0.3) is 10.9 Å². The van der Waals surface area contributed by atoms with E-state index in [1.54, 1.807) is 18.2 Å². The van der Waals surface area contributed by atoms with Gasteiger partial charge in [0.1, 0.15) is 5.75 Å². The number of fused-ring (bicyclic) bond motifs is 1. The van der Waals surface area contributed by atoms with Crippen molar-refractivity contribution in [2.75, 3.05) is 12.4 Å². The predicted molar refractivity (Wildman–Crippen MR) is 89.3 cm³/mol. The Morgan fingerprint density at radius 2 is 1.96 bits per heavy atom. The van der Waals surface area contributed by atoms with Crippen LogP contribution >= 0.6 is 11.6 Å². The number of hydrogen-bond donors (Lipinski definition) is 2. The van der Waals surface area contributed by atoms with Gasteiger partial charge in [-0.2, -0.15) is 13.2 Å². The van der Waals surface area contributed by atoms with E-state index in [4.69, 9.17) is 16.3 Å². The maximum atomic E-state index is 12.8. The smallest absolute Gasteiger partial charge is 0.416 e. The number of nitrogens with one attached hydrogen (secondary N) is 2. The van der Waals surface area contributed by atoms with E-state index in [-0.39, 0.29) is 16.3 Å². The molecule has 0 spiro atoms. The summed E-state index contributed by atoms with van der Waals surface area (Å²) in [4.78, 5) is 15.4. The molecule has 3 rings (SSSR count). The average molecular weight is 369 g/mol. The largest absolute Gasteiger partial charge is 0.497 e. The van der Waals surface area contributed by atoms with Crippen LogP contribution in [0.3, 0.4) is 0 Å². The molecule has 0 atom stereocenters. The number of hydrogen-bond acceptors (Lipinski definition) is 2. The first-order valence-electron chi connectivity index (χ1n) is 7.13. The molecule has 1 amide bonds. The van der Waals surface area contributed by atoms with Crippen LogP contribution in [0.15, 0.2) is 42.6 Å². The lowest BCUT2D eigenvalue weighted by molar-refractivity contribution is -0.137.